The Morgan fingerprint density at radius 1 is 1.00 bits per heavy atom. The lowest BCUT2D eigenvalue weighted by atomic mass is 9.85. The summed E-state index contributed by atoms with van der Waals surface area (Å²) in [5, 5.41) is 15.6. The molecule has 1 aromatic carbocycles. The van der Waals surface area contributed by atoms with Gasteiger partial charge < -0.3 is 20.1 Å². The number of nitrogens with one attached hydrogen (secondary N) is 1. The molecule has 2 N–H and O–H groups in total. The van der Waals surface area contributed by atoms with Gasteiger partial charge in [-0.3, -0.25) is 0 Å². The first kappa shape index (κ1) is 19.3. The van der Waals surface area contributed by atoms with Crippen molar-refractivity contribution in [3.05, 3.63) is 34.9 Å². The van der Waals surface area contributed by atoms with E-state index < -0.39 is 5.60 Å². The van der Waals surface area contributed by atoms with Crippen molar-refractivity contribution in [3.8, 4) is 0 Å². The molecule has 2 fully saturated rings. The standard InChI is InChI=1S/C24H33N3O2/c28-24(7-2-1-3-8-24)17-25-16-21-14-20-13-18-5-4-6-19(18)15-22(20)26-23(21)27-9-11-29-12-10-27/h13-15,25,28H,1-12,16-17H2. The van der Waals surface area contributed by atoms with E-state index in [-0.39, 0.29) is 0 Å². The highest BCUT2D eigenvalue weighted by molar-refractivity contribution is 5.84. The van der Waals surface area contributed by atoms with Crippen molar-refractivity contribution < 1.29 is 9.84 Å². The smallest absolute Gasteiger partial charge is 0.133 e. The molecular weight excluding hydrogens is 362 g/mol. The summed E-state index contributed by atoms with van der Waals surface area (Å²) >= 11 is 0. The van der Waals surface area contributed by atoms with E-state index in [1.54, 1.807) is 0 Å². The minimum Gasteiger partial charge on any atom is -0.389 e. The van der Waals surface area contributed by atoms with E-state index >= 15 is 0 Å². The van der Waals surface area contributed by atoms with Crippen LogP contribution in [0.5, 0.6) is 0 Å². The quantitative estimate of drug-likeness (QED) is 0.813. The fourth-order valence-electron chi connectivity index (χ4n) is 5.28. The summed E-state index contributed by atoms with van der Waals surface area (Å²) in [5.41, 5.74) is 4.78. The van der Waals surface area contributed by atoms with Crippen molar-refractivity contribution in [2.45, 2.75) is 63.5 Å². The van der Waals surface area contributed by atoms with Gasteiger partial charge in [-0.2, -0.15) is 0 Å². The normalized spacial score (nSPS) is 21.5. The number of nitrogens with zero attached hydrogens (tertiary/aromatic N) is 2. The molecule has 5 rings (SSSR count). The van der Waals surface area contributed by atoms with Crippen LogP contribution in [0.25, 0.3) is 10.9 Å². The number of anilines is 1. The molecule has 2 aliphatic carbocycles. The van der Waals surface area contributed by atoms with E-state index in [4.69, 9.17) is 9.72 Å². The number of benzene rings is 1. The van der Waals surface area contributed by atoms with Crippen LogP contribution < -0.4 is 10.2 Å². The van der Waals surface area contributed by atoms with Gasteiger partial charge in [0.15, 0.2) is 0 Å². The second-order valence-corrected chi connectivity index (χ2v) is 9.13. The summed E-state index contributed by atoms with van der Waals surface area (Å²) < 4.78 is 5.56. The van der Waals surface area contributed by atoms with Gasteiger partial charge in [0, 0.05) is 37.1 Å². The molecule has 5 heteroatoms. The van der Waals surface area contributed by atoms with Crippen molar-refractivity contribution in [3.63, 3.8) is 0 Å². The zero-order chi connectivity index (χ0) is 19.7. The Bertz CT molecular complexity index is 870. The van der Waals surface area contributed by atoms with Crippen LogP contribution in [-0.2, 0) is 24.1 Å². The highest BCUT2D eigenvalue weighted by Gasteiger charge is 2.28. The molecule has 0 bridgehead atoms. The third kappa shape index (κ3) is 4.14. The van der Waals surface area contributed by atoms with Crippen LogP contribution in [0.3, 0.4) is 0 Å². The summed E-state index contributed by atoms with van der Waals surface area (Å²) in [6.07, 6.45) is 8.99. The molecule has 2 aromatic rings. The molecule has 1 saturated heterocycles. The molecule has 0 spiro atoms. The highest BCUT2D eigenvalue weighted by Crippen LogP contribution is 2.31. The third-order valence-electron chi connectivity index (χ3n) is 6.95. The number of hydrogen-bond acceptors (Lipinski definition) is 5. The average Bonchev–Trinajstić information content (AvgIpc) is 3.20. The maximum Gasteiger partial charge on any atom is 0.133 e. The summed E-state index contributed by atoms with van der Waals surface area (Å²) in [7, 11) is 0. The molecule has 29 heavy (non-hydrogen) atoms. The number of aromatic nitrogens is 1. The average molecular weight is 396 g/mol. The zero-order valence-corrected chi connectivity index (χ0v) is 17.4. The second-order valence-electron chi connectivity index (χ2n) is 9.13. The minimum atomic E-state index is -0.539. The van der Waals surface area contributed by atoms with E-state index in [9.17, 15) is 5.11 Å². The number of hydrogen-bond donors (Lipinski definition) is 2. The maximum atomic E-state index is 10.8. The van der Waals surface area contributed by atoms with Gasteiger partial charge in [0.2, 0.25) is 0 Å². The van der Waals surface area contributed by atoms with Gasteiger partial charge in [0.25, 0.3) is 0 Å². The lowest BCUT2D eigenvalue weighted by Gasteiger charge is -2.33. The largest absolute Gasteiger partial charge is 0.389 e. The Morgan fingerprint density at radius 2 is 1.76 bits per heavy atom. The summed E-state index contributed by atoms with van der Waals surface area (Å²) in [4.78, 5) is 7.49. The molecule has 156 valence electrons. The number of aryl methyl sites for hydroxylation is 2. The number of rotatable bonds is 5. The van der Waals surface area contributed by atoms with Gasteiger partial charge in [-0.1, -0.05) is 19.3 Å². The van der Waals surface area contributed by atoms with Crippen molar-refractivity contribution in [1.82, 2.24) is 10.3 Å². The molecule has 1 aliphatic heterocycles. The Labute approximate surface area is 173 Å². The summed E-state index contributed by atoms with van der Waals surface area (Å²) in [6, 6.07) is 6.99. The van der Waals surface area contributed by atoms with E-state index in [1.807, 2.05) is 0 Å². The second kappa shape index (κ2) is 8.21. The van der Waals surface area contributed by atoms with Gasteiger partial charge in [-0.15, -0.1) is 0 Å². The molecule has 1 aromatic heterocycles. The van der Waals surface area contributed by atoms with E-state index in [0.29, 0.717) is 6.54 Å². The molecule has 0 radical (unpaired) electrons. The fraction of sp³-hybridized carbons (Fsp3) is 0.625. The molecule has 0 atom stereocenters. The van der Waals surface area contributed by atoms with Gasteiger partial charge in [0.05, 0.1) is 24.3 Å². The van der Waals surface area contributed by atoms with Crippen LogP contribution in [0.1, 0.15) is 55.2 Å². The summed E-state index contributed by atoms with van der Waals surface area (Å²) in [6.45, 7) is 4.71. The highest BCUT2D eigenvalue weighted by atomic mass is 16.5. The maximum absolute atomic E-state index is 10.8. The zero-order valence-electron chi connectivity index (χ0n) is 17.4. The number of pyridine rings is 1. The van der Waals surface area contributed by atoms with Crippen molar-refractivity contribution >= 4 is 16.7 Å². The molecular formula is C24H33N3O2. The van der Waals surface area contributed by atoms with E-state index in [2.05, 4.69) is 28.4 Å². The minimum absolute atomic E-state index is 0.539. The predicted molar refractivity (Wildman–Crippen MR) is 117 cm³/mol. The SMILES string of the molecule is OC1(CNCc2cc3cc4c(cc3nc2N2CCOCC2)CCC4)CCCCC1. The number of fused-ring (bicyclic) bond motifs is 2. The molecule has 5 nitrogen and oxygen atoms in total. The first-order valence-electron chi connectivity index (χ1n) is 11.4. The van der Waals surface area contributed by atoms with Crippen LogP contribution in [0.4, 0.5) is 5.82 Å². The monoisotopic (exact) mass is 395 g/mol. The summed E-state index contributed by atoms with van der Waals surface area (Å²) in [5.74, 6) is 1.09. The molecule has 2 heterocycles. The van der Waals surface area contributed by atoms with Crippen LogP contribution in [0.15, 0.2) is 18.2 Å². The van der Waals surface area contributed by atoms with Crippen molar-refractivity contribution in [2.75, 3.05) is 37.7 Å². The third-order valence-corrected chi connectivity index (χ3v) is 6.95. The lowest BCUT2D eigenvalue weighted by Crippen LogP contribution is -2.42. The number of morpholine rings is 1. The van der Waals surface area contributed by atoms with Crippen molar-refractivity contribution in [2.24, 2.45) is 0 Å². The van der Waals surface area contributed by atoms with Crippen LogP contribution in [0, 0.1) is 0 Å². The van der Waals surface area contributed by atoms with Crippen LogP contribution in [0.2, 0.25) is 0 Å². The fourth-order valence-corrected chi connectivity index (χ4v) is 5.28. The number of ether oxygens (including phenoxy) is 1. The molecule has 0 amide bonds. The first-order chi connectivity index (χ1) is 14.2. The van der Waals surface area contributed by atoms with E-state index in [0.717, 1.165) is 69.9 Å². The molecule has 0 unspecified atom stereocenters. The Morgan fingerprint density at radius 3 is 2.55 bits per heavy atom. The molecule has 3 aliphatic rings. The van der Waals surface area contributed by atoms with Crippen molar-refractivity contribution in [1.29, 1.82) is 0 Å². The Kier molecular flexibility index (Phi) is 5.46. The molecule has 1 saturated carbocycles. The van der Waals surface area contributed by atoms with Crippen LogP contribution in [-0.4, -0.2) is 48.5 Å². The van der Waals surface area contributed by atoms with Crippen LogP contribution >= 0.6 is 0 Å². The Balaban J connectivity index is 1.42. The number of aliphatic hydroxyl groups is 1. The van der Waals surface area contributed by atoms with Gasteiger partial charge >= 0.3 is 0 Å². The van der Waals surface area contributed by atoms with E-state index in [1.165, 1.54) is 47.8 Å². The first-order valence-corrected chi connectivity index (χ1v) is 11.4. The Hall–Kier alpha value is -1.69. The van der Waals surface area contributed by atoms with Gasteiger partial charge in [-0.05, 0) is 61.4 Å². The topological polar surface area (TPSA) is 57.6 Å². The lowest BCUT2D eigenvalue weighted by molar-refractivity contribution is 0.00467. The van der Waals surface area contributed by atoms with Gasteiger partial charge in [0.1, 0.15) is 5.82 Å². The van der Waals surface area contributed by atoms with Gasteiger partial charge in [-0.25, -0.2) is 4.98 Å². The predicted octanol–water partition coefficient (Wildman–Crippen LogP) is 3.34.